The number of amides is 1. The van der Waals surface area contributed by atoms with Crippen molar-refractivity contribution in [2.24, 2.45) is 0 Å². The summed E-state index contributed by atoms with van der Waals surface area (Å²) < 4.78 is 16.6. The van der Waals surface area contributed by atoms with Crippen LogP contribution in [0.1, 0.15) is 22.3 Å². The Kier molecular flexibility index (Phi) is 6.11. The molecule has 0 radical (unpaired) electrons. The van der Waals surface area contributed by atoms with Crippen LogP contribution in [0.4, 0.5) is 0 Å². The molecule has 6 nitrogen and oxygen atoms in total. The second kappa shape index (κ2) is 8.93. The van der Waals surface area contributed by atoms with Gasteiger partial charge < -0.3 is 19.1 Å². The summed E-state index contributed by atoms with van der Waals surface area (Å²) in [5.74, 6) is 1.92. The highest BCUT2D eigenvalue weighted by molar-refractivity contribution is 6.32. The third-order valence-electron chi connectivity index (χ3n) is 5.27. The van der Waals surface area contributed by atoms with E-state index in [1.165, 1.54) is 5.56 Å². The highest BCUT2D eigenvalue weighted by Crippen LogP contribution is 2.38. The van der Waals surface area contributed by atoms with E-state index in [4.69, 9.17) is 25.8 Å². The van der Waals surface area contributed by atoms with E-state index >= 15 is 0 Å². The summed E-state index contributed by atoms with van der Waals surface area (Å²) in [6, 6.07) is 11.5. The normalized spacial score (nSPS) is 17.0. The van der Waals surface area contributed by atoms with Gasteiger partial charge in [0.25, 0.3) is 5.91 Å². The van der Waals surface area contributed by atoms with Crippen LogP contribution >= 0.6 is 11.6 Å². The number of rotatable bonds is 4. The molecule has 0 N–H and O–H groups in total. The lowest BCUT2D eigenvalue weighted by atomic mass is 10.1. The number of ether oxygens (including phenoxy) is 3. The van der Waals surface area contributed by atoms with Gasteiger partial charge in [-0.15, -0.1) is 0 Å². The number of piperazine rings is 1. The van der Waals surface area contributed by atoms with E-state index in [1.807, 2.05) is 17.0 Å². The van der Waals surface area contributed by atoms with Gasteiger partial charge in [-0.3, -0.25) is 9.69 Å². The number of benzene rings is 2. The van der Waals surface area contributed by atoms with Gasteiger partial charge in [0.05, 0.1) is 25.3 Å². The van der Waals surface area contributed by atoms with Gasteiger partial charge in [-0.25, -0.2) is 0 Å². The van der Waals surface area contributed by atoms with Gasteiger partial charge in [0.15, 0.2) is 11.5 Å². The van der Waals surface area contributed by atoms with Crippen LogP contribution in [0.25, 0.3) is 0 Å². The zero-order valence-electron chi connectivity index (χ0n) is 16.5. The molecular formula is C22H25ClN2O4. The van der Waals surface area contributed by atoms with Crippen molar-refractivity contribution in [1.29, 1.82) is 0 Å². The van der Waals surface area contributed by atoms with Gasteiger partial charge in [-0.05, 0) is 29.8 Å². The summed E-state index contributed by atoms with van der Waals surface area (Å²) >= 11 is 6.35. The number of hydrogen-bond acceptors (Lipinski definition) is 5. The number of carbonyl (C=O) groups excluding carboxylic acids is 1. The Morgan fingerprint density at radius 2 is 1.79 bits per heavy atom. The fourth-order valence-electron chi connectivity index (χ4n) is 3.64. The Balaban J connectivity index is 1.37. The SMILES string of the molecule is COc1ccc(CN2CCN(C(=O)c3cc(Cl)c4c(c3)OCCCO4)CC2)cc1. The molecule has 154 valence electrons. The third kappa shape index (κ3) is 4.60. The first kappa shape index (κ1) is 19.9. The highest BCUT2D eigenvalue weighted by Gasteiger charge is 2.25. The number of fused-ring (bicyclic) bond motifs is 1. The molecule has 1 fully saturated rings. The standard InChI is InChI=1S/C22H25ClN2O4/c1-27-18-5-3-16(4-6-18)15-24-7-9-25(10-8-24)22(26)17-13-19(23)21-20(14-17)28-11-2-12-29-21/h3-6,13-14H,2,7-12,15H2,1H3. The summed E-state index contributed by atoms with van der Waals surface area (Å²) in [7, 11) is 1.67. The summed E-state index contributed by atoms with van der Waals surface area (Å²) in [6.07, 6.45) is 0.796. The van der Waals surface area contributed by atoms with Gasteiger partial charge in [0.2, 0.25) is 0 Å². The van der Waals surface area contributed by atoms with Crippen molar-refractivity contribution in [2.45, 2.75) is 13.0 Å². The van der Waals surface area contributed by atoms with Crippen LogP contribution in [0.15, 0.2) is 36.4 Å². The average molecular weight is 417 g/mol. The second-order valence-corrected chi connectivity index (χ2v) is 7.66. The van der Waals surface area contributed by atoms with E-state index in [0.29, 0.717) is 48.4 Å². The largest absolute Gasteiger partial charge is 0.497 e. The van der Waals surface area contributed by atoms with Gasteiger partial charge in [-0.2, -0.15) is 0 Å². The summed E-state index contributed by atoms with van der Waals surface area (Å²) in [6.45, 7) is 5.01. The lowest BCUT2D eigenvalue weighted by Gasteiger charge is -2.35. The Morgan fingerprint density at radius 3 is 2.52 bits per heavy atom. The maximum atomic E-state index is 13.0. The topological polar surface area (TPSA) is 51.2 Å². The lowest BCUT2D eigenvalue weighted by molar-refractivity contribution is 0.0628. The Morgan fingerprint density at radius 1 is 1.07 bits per heavy atom. The number of hydrogen-bond donors (Lipinski definition) is 0. The maximum absolute atomic E-state index is 13.0. The summed E-state index contributed by atoms with van der Waals surface area (Å²) in [4.78, 5) is 17.2. The second-order valence-electron chi connectivity index (χ2n) is 7.25. The predicted molar refractivity (Wildman–Crippen MR) is 111 cm³/mol. The molecule has 2 heterocycles. The van der Waals surface area contributed by atoms with Crippen molar-refractivity contribution < 1.29 is 19.0 Å². The molecule has 7 heteroatoms. The van der Waals surface area contributed by atoms with Gasteiger partial charge in [0, 0.05) is 44.7 Å². The third-order valence-corrected chi connectivity index (χ3v) is 5.55. The monoisotopic (exact) mass is 416 g/mol. The van der Waals surface area contributed by atoms with Crippen LogP contribution in [0.3, 0.4) is 0 Å². The molecule has 0 aliphatic carbocycles. The minimum Gasteiger partial charge on any atom is -0.497 e. The molecule has 0 unspecified atom stereocenters. The number of halogens is 1. The van der Waals surface area contributed by atoms with Crippen molar-refractivity contribution >= 4 is 17.5 Å². The van der Waals surface area contributed by atoms with E-state index in [0.717, 1.165) is 31.8 Å². The van der Waals surface area contributed by atoms with Crippen molar-refractivity contribution in [3.63, 3.8) is 0 Å². The predicted octanol–water partition coefficient (Wildman–Crippen LogP) is 3.47. The van der Waals surface area contributed by atoms with Crippen molar-refractivity contribution in [3.05, 3.63) is 52.5 Å². The van der Waals surface area contributed by atoms with Crippen LogP contribution in [0, 0.1) is 0 Å². The van der Waals surface area contributed by atoms with Crippen LogP contribution < -0.4 is 14.2 Å². The molecule has 0 atom stereocenters. The fraction of sp³-hybridized carbons (Fsp3) is 0.409. The molecule has 1 saturated heterocycles. The number of nitrogens with zero attached hydrogens (tertiary/aromatic N) is 2. The number of carbonyl (C=O) groups is 1. The molecule has 1 amide bonds. The minimum atomic E-state index is -0.0216. The molecule has 2 aliphatic heterocycles. The zero-order valence-corrected chi connectivity index (χ0v) is 17.3. The van der Waals surface area contributed by atoms with Crippen LogP contribution in [0.2, 0.25) is 5.02 Å². The van der Waals surface area contributed by atoms with Crippen LogP contribution in [-0.2, 0) is 6.54 Å². The number of methoxy groups -OCH3 is 1. The maximum Gasteiger partial charge on any atom is 0.254 e. The first-order valence-corrected chi connectivity index (χ1v) is 10.3. The minimum absolute atomic E-state index is 0.0216. The van der Waals surface area contributed by atoms with Crippen molar-refractivity contribution in [2.75, 3.05) is 46.5 Å². The fourth-order valence-corrected chi connectivity index (χ4v) is 3.90. The summed E-state index contributed by atoms with van der Waals surface area (Å²) in [5.41, 5.74) is 1.78. The van der Waals surface area contributed by atoms with Gasteiger partial charge >= 0.3 is 0 Å². The van der Waals surface area contributed by atoms with Crippen molar-refractivity contribution in [3.8, 4) is 17.2 Å². The molecule has 0 saturated carbocycles. The Bertz CT molecular complexity index is 864. The first-order chi connectivity index (χ1) is 14.1. The van der Waals surface area contributed by atoms with Gasteiger partial charge in [-0.1, -0.05) is 23.7 Å². The average Bonchev–Trinajstić information content (AvgIpc) is 3.00. The molecule has 2 aromatic rings. The van der Waals surface area contributed by atoms with E-state index in [2.05, 4.69) is 17.0 Å². The van der Waals surface area contributed by atoms with E-state index in [9.17, 15) is 4.79 Å². The van der Waals surface area contributed by atoms with E-state index < -0.39 is 0 Å². The van der Waals surface area contributed by atoms with Crippen LogP contribution in [0.5, 0.6) is 17.2 Å². The van der Waals surface area contributed by atoms with E-state index in [1.54, 1.807) is 19.2 Å². The smallest absolute Gasteiger partial charge is 0.254 e. The Labute approximate surface area is 175 Å². The molecule has 4 rings (SSSR count). The highest BCUT2D eigenvalue weighted by atomic mass is 35.5. The zero-order chi connectivity index (χ0) is 20.2. The first-order valence-electron chi connectivity index (χ1n) is 9.88. The quantitative estimate of drug-likeness (QED) is 0.763. The molecule has 0 aromatic heterocycles. The molecule has 29 heavy (non-hydrogen) atoms. The van der Waals surface area contributed by atoms with Crippen molar-refractivity contribution in [1.82, 2.24) is 9.80 Å². The van der Waals surface area contributed by atoms with Crippen LogP contribution in [-0.4, -0.2) is 62.2 Å². The Hall–Kier alpha value is -2.44. The summed E-state index contributed by atoms with van der Waals surface area (Å²) in [5, 5.41) is 0.422. The molecule has 2 aliphatic rings. The lowest BCUT2D eigenvalue weighted by Crippen LogP contribution is -2.48. The molecular weight excluding hydrogens is 392 g/mol. The van der Waals surface area contributed by atoms with E-state index in [-0.39, 0.29) is 5.91 Å². The molecule has 2 aromatic carbocycles. The van der Waals surface area contributed by atoms with Gasteiger partial charge in [0.1, 0.15) is 5.75 Å². The molecule has 0 spiro atoms. The molecule has 0 bridgehead atoms.